The van der Waals surface area contributed by atoms with Gasteiger partial charge in [-0.3, -0.25) is 9.79 Å². The molecule has 1 atom stereocenters. The van der Waals surface area contributed by atoms with E-state index >= 15 is 0 Å². The Morgan fingerprint density at radius 1 is 1.47 bits per heavy atom. The van der Waals surface area contributed by atoms with Gasteiger partial charge in [0.1, 0.15) is 11.6 Å². The topological polar surface area (TPSA) is 109 Å². The normalized spacial score (nSPS) is 17.3. The van der Waals surface area contributed by atoms with Crippen molar-refractivity contribution in [2.75, 3.05) is 25.0 Å². The molecule has 0 spiro atoms. The summed E-state index contributed by atoms with van der Waals surface area (Å²) in [4.78, 5) is 20.9. The third kappa shape index (κ3) is 5.15. The van der Waals surface area contributed by atoms with Gasteiger partial charge in [-0.1, -0.05) is 11.6 Å². The minimum absolute atomic E-state index is 0.0193. The lowest BCUT2D eigenvalue weighted by Gasteiger charge is -2.21. The first kappa shape index (κ1) is 21.8. The fraction of sp³-hybridized carbons (Fsp3) is 0.389. The number of guanidine groups is 1. The van der Waals surface area contributed by atoms with Gasteiger partial charge in [-0.25, -0.2) is 4.98 Å². The first-order chi connectivity index (χ1) is 14.2. The third-order valence-electron chi connectivity index (χ3n) is 4.54. The summed E-state index contributed by atoms with van der Waals surface area (Å²) in [5.74, 6) is 0.754. The van der Waals surface area contributed by atoms with E-state index in [-0.39, 0.29) is 23.4 Å². The summed E-state index contributed by atoms with van der Waals surface area (Å²) in [6.45, 7) is 1.36. The number of hydrogen-bond acceptors (Lipinski definition) is 5. The second kappa shape index (κ2) is 8.82. The second-order valence-corrected chi connectivity index (χ2v) is 7.07. The van der Waals surface area contributed by atoms with Crippen molar-refractivity contribution in [2.24, 2.45) is 10.7 Å². The molecule has 1 fully saturated rings. The molecule has 0 saturated carbocycles. The lowest BCUT2D eigenvalue weighted by molar-refractivity contribution is -0.137. The van der Waals surface area contributed by atoms with Gasteiger partial charge in [-0.2, -0.15) is 13.2 Å². The van der Waals surface area contributed by atoms with Crippen LogP contribution in [0.4, 0.5) is 19.0 Å². The van der Waals surface area contributed by atoms with Gasteiger partial charge in [0, 0.05) is 32.4 Å². The number of pyridine rings is 1. The molecule has 3 rings (SSSR count). The maximum absolute atomic E-state index is 12.8. The van der Waals surface area contributed by atoms with Crippen molar-refractivity contribution in [3.8, 4) is 0 Å². The number of nitrogens with two attached hydrogens (primary N) is 1. The molecule has 1 unspecified atom stereocenters. The first-order valence-corrected chi connectivity index (χ1v) is 9.38. The minimum Gasteiger partial charge on any atom is -0.454 e. The maximum Gasteiger partial charge on any atom is 0.417 e. The van der Waals surface area contributed by atoms with E-state index in [4.69, 9.17) is 21.8 Å². The molecule has 4 N–H and O–H groups in total. The van der Waals surface area contributed by atoms with E-state index in [1.165, 1.54) is 6.07 Å². The SMILES string of the molecule is CN=C(NCc1ccc(C(N)=O)o1)NC1CCN(c2ncc(C(F)(F)F)cc2Cl)C1. The van der Waals surface area contributed by atoms with Gasteiger partial charge in [-0.15, -0.1) is 0 Å². The van der Waals surface area contributed by atoms with Crippen molar-refractivity contribution < 1.29 is 22.4 Å². The van der Waals surface area contributed by atoms with Gasteiger partial charge < -0.3 is 25.7 Å². The van der Waals surface area contributed by atoms with Crippen molar-refractivity contribution >= 4 is 29.3 Å². The van der Waals surface area contributed by atoms with Crippen molar-refractivity contribution in [1.82, 2.24) is 15.6 Å². The Morgan fingerprint density at radius 2 is 2.23 bits per heavy atom. The van der Waals surface area contributed by atoms with Crippen molar-refractivity contribution in [3.63, 3.8) is 0 Å². The molecule has 1 amide bonds. The molecular weight excluding hydrogens is 425 g/mol. The van der Waals surface area contributed by atoms with Gasteiger partial charge in [0.25, 0.3) is 5.91 Å². The van der Waals surface area contributed by atoms with Gasteiger partial charge in [-0.05, 0) is 24.6 Å². The van der Waals surface area contributed by atoms with Crippen LogP contribution in [-0.4, -0.2) is 43.0 Å². The number of halogens is 4. The highest BCUT2D eigenvalue weighted by molar-refractivity contribution is 6.33. The molecule has 2 aromatic heterocycles. The Morgan fingerprint density at radius 3 is 2.83 bits per heavy atom. The number of furan rings is 1. The highest BCUT2D eigenvalue weighted by atomic mass is 35.5. The summed E-state index contributed by atoms with van der Waals surface area (Å²) < 4.78 is 43.7. The molecule has 1 aliphatic rings. The van der Waals surface area contributed by atoms with E-state index in [1.54, 1.807) is 13.1 Å². The summed E-state index contributed by atoms with van der Waals surface area (Å²) in [5, 5.41) is 6.25. The van der Waals surface area contributed by atoms with E-state index in [1.807, 2.05) is 4.90 Å². The third-order valence-corrected chi connectivity index (χ3v) is 4.81. The molecular formula is C18H20ClF3N6O2. The molecule has 162 valence electrons. The quantitative estimate of drug-likeness (QED) is 0.482. The standard InChI is InChI=1S/C18H20ClF3N6O2/c1-24-17(26-8-12-2-3-14(30-12)15(23)29)27-11-4-5-28(9-11)16-13(19)6-10(7-25-16)18(20,21)22/h2-3,6-7,11H,4-5,8-9H2,1H3,(H2,23,29)(H2,24,26,27). The number of carbonyl (C=O) groups excluding carboxylic acids is 1. The van der Waals surface area contributed by atoms with Crippen molar-refractivity contribution in [2.45, 2.75) is 25.2 Å². The van der Waals surface area contributed by atoms with Gasteiger partial charge in [0.05, 0.1) is 17.1 Å². The first-order valence-electron chi connectivity index (χ1n) is 9.00. The van der Waals surface area contributed by atoms with Crippen LogP contribution in [0.2, 0.25) is 5.02 Å². The monoisotopic (exact) mass is 444 g/mol. The van der Waals surface area contributed by atoms with Crippen molar-refractivity contribution in [3.05, 3.63) is 46.5 Å². The number of amides is 1. The van der Waals surface area contributed by atoms with E-state index in [0.717, 1.165) is 12.3 Å². The molecule has 8 nitrogen and oxygen atoms in total. The number of rotatable bonds is 5. The Hall–Kier alpha value is -2.95. The summed E-state index contributed by atoms with van der Waals surface area (Å²) >= 11 is 6.03. The molecule has 30 heavy (non-hydrogen) atoms. The highest BCUT2D eigenvalue weighted by Gasteiger charge is 2.33. The average molecular weight is 445 g/mol. The van der Waals surface area contributed by atoms with E-state index in [0.29, 0.717) is 37.0 Å². The minimum atomic E-state index is -4.49. The molecule has 0 aromatic carbocycles. The van der Waals surface area contributed by atoms with Crippen LogP contribution < -0.4 is 21.3 Å². The number of aliphatic imine (C=N–C) groups is 1. The predicted octanol–water partition coefficient (Wildman–Crippen LogP) is 2.39. The summed E-state index contributed by atoms with van der Waals surface area (Å²) in [6.07, 6.45) is -2.99. The maximum atomic E-state index is 12.8. The molecule has 12 heteroatoms. The van der Waals surface area contributed by atoms with Gasteiger partial charge in [0.2, 0.25) is 0 Å². The summed E-state index contributed by atoms with van der Waals surface area (Å²) in [5.41, 5.74) is 4.27. The molecule has 1 saturated heterocycles. The fourth-order valence-electron chi connectivity index (χ4n) is 3.05. The Kier molecular flexibility index (Phi) is 6.40. The molecule has 0 radical (unpaired) electrons. The number of carbonyl (C=O) groups is 1. The van der Waals surface area contributed by atoms with Crippen LogP contribution in [0.15, 0.2) is 33.8 Å². The second-order valence-electron chi connectivity index (χ2n) is 6.66. The Labute approximate surface area is 175 Å². The number of hydrogen-bond donors (Lipinski definition) is 3. The van der Waals surface area contributed by atoms with Crippen LogP contribution in [0.3, 0.4) is 0 Å². The lowest BCUT2D eigenvalue weighted by Crippen LogP contribution is -2.44. The molecule has 2 aromatic rings. The van der Waals surface area contributed by atoms with Gasteiger partial charge >= 0.3 is 6.18 Å². The summed E-state index contributed by atoms with van der Waals surface area (Å²) in [6, 6.07) is 3.99. The average Bonchev–Trinajstić information content (AvgIpc) is 3.34. The van der Waals surface area contributed by atoms with Crippen LogP contribution in [0.1, 0.15) is 28.3 Å². The largest absolute Gasteiger partial charge is 0.454 e. The highest BCUT2D eigenvalue weighted by Crippen LogP contribution is 2.34. The lowest BCUT2D eigenvalue weighted by atomic mass is 10.2. The van der Waals surface area contributed by atoms with Crippen molar-refractivity contribution in [1.29, 1.82) is 0 Å². The predicted molar refractivity (Wildman–Crippen MR) is 105 cm³/mol. The number of alkyl halides is 3. The van der Waals surface area contributed by atoms with Crippen LogP contribution in [0.25, 0.3) is 0 Å². The Bertz CT molecular complexity index is 946. The smallest absolute Gasteiger partial charge is 0.417 e. The van der Waals surface area contributed by atoms with E-state index < -0.39 is 17.6 Å². The number of nitrogens with one attached hydrogen (secondary N) is 2. The molecule has 1 aliphatic heterocycles. The van der Waals surface area contributed by atoms with E-state index in [9.17, 15) is 18.0 Å². The molecule has 3 heterocycles. The Balaban J connectivity index is 1.56. The number of anilines is 1. The van der Waals surface area contributed by atoms with E-state index in [2.05, 4.69) is 20.6 Å². The van der Waals surface area contributed by atoms with Crippen LogP contribution in [-0.2, 0) is 12.7 Å². The van der Waals surface area contributed by atoms with Gasteiger partial charge in [0.15, 0.2) is 11.7 Å². The zero-order chi connectivity index (χ0) is 21.9. The molecule has 0 aliphatic carbocycles. The summed E-state index contributed by atoms with van der Waals surface area (Å²) in [7, 11) is 1.60. The van der Waals surface area contributed by atoms with Crippen LogP contribution >= 0.6 is 11.6 Å². The fourth-order valence-corrected chi connectivity index (χ4v) is 3.34. The number of nitrogens with zero attached hydrogens (tertiary/aromatic N) is 3. The van der Waals surface area contributed by atoms with Crippen LogP contribution in [0.5, 0.6) is 0 Å². The number of aromatic nitrogens is 1. The number of primary amides is 1. The van der Waals surface area contributed by atoms with Crippen LogP contribution in [0, 0.1) is 0 Å². The molecule has 0 bridgehead atoms. The zero-order valence-electron chi connectivity index (χ0n) is 16.0. The zero-order valence-corrected chi connectivity index (χ0v) is 16.7.